The van der Waals surface area contributed by atoms with Crippen LogP contribution in [0.1, 0.15) is 44.7 Å². The molecular weight excluding hydrogens is 328 g/mol. The Morgan fingerprint density at radius 2 is 2.00 bits per heavy atom. The summed E-state index contributed by atoms with van der Waals surface area (Å²) in [6.45, 7) is 2.43. The van der Waals surface area contributed by atoms with Crippen molar-refractivity contribution in [3.8, 4) is 11.8 Å². The van der Waals surface area contributed by atoms with Crippen LogP contribution in [0.5, 0.6) is 5.75 Å². The molecule has 1 saturated heterocycles. The molecule has 1 aliphatic heterocycles. The maximum atomic E-state index is 13.0. The molecule has 0 aromatic heterocycles. The van der Waals surface area contributed by atoms with Gasteiger partial charge in [0.15, 0.2) is 5.78 Å². The predicted octanol–water partition coefficient (Wildman–Crippen LogP) is 3.36. The topological polar surface area (TPSA) is 70.4 Å². The summed E-state index contributed by atoms with van der Waals surface area (Å²) in [6, 6.07) is 13.5. The summed E-state index contributed by atoms with van der Waals surface area (Å²) >= 11 is 0. The van der Waals surface area contributed by atoms with Crippen molar-refractivity contribution in [1.82, 2.24) is 4.90 Å². The number of Topliss-reactive ketones (excluding diaryl/α,β-unsaturated/α-hetero) is 1. The van der Waals surface area contributed by atoms with Gasteiger partial charge in [-0.25, -0.2) is 0 Å². The number of methoxy groups -OCH3 is 1. The molecule has 2 aromatic rings. The van der Waals surface area contributed by atoms with Gasteiger partial charge in [-0.1, -0.05) is 6.07 Å². The summed E-state index contributed by atoms with van der Waals surface area (Å²) in [5.41, 5.74) is 2.34. The third-order valence-corrected chi connectivity index (χ3v) is 4.73. The van der Waals surface area contributed by atoms with Gasteiger partial charge in [-0.3, -0.25) is 9.59 Å². The fourth-order valence-corrected chi connectivity index (χ4v) is 3.39. The van der Waals surface area contributed by atoms with E-state index in [1.807, 2.05) is 13.0 Å². The second kappa shape index (κ2) is 7.40. The Hall–Kier alpha value is -3.13. The first-order chi connectivity index (χ1) is 12.5. The van der Waals surface area contributed by atoms with E-state index in [4.69, 9.17) is 10.00 Å². The van der Waals surface area contributed by atoms with E-state index in [0.717, 1.165) is 17.7 Å². The Kier molecular flexibility index (Phi) is 5.04. The molecule has 0 saturated carbocycles. The Morgan fingerprint density at radius 1 is 1.19 bits per heavy atom. The molecule has 5 heteroatoms. The fourth-order valence-electron chi connectivity index (χ4n) is 3.39. The lowest BCUT2D eigenvalue weighted by Crippen LogP contribution is -2.40. The number of amides is 1. The first kappa shape index (κ1) is 17.7. The minimum absolute atomic E-state index is 0.0574. The monoisotopic (exact) mass is 348 g/mol. The maximum Gasteiger partial charge on any atom is 0.254 e. The number of aryl methyl sites for hydroxylation is 1. The van der Waals surface area contributed by atoms with Gasteiger partial charge in [-0.05, 0) is 61.7 Å². The van der Waals surface area contributed by atoms with Crippen molar-refractivity contribution in [1.29, 1.82) is 5.26 Å². The van der Waals surface area contributed by atoms with Gasteiger partial charge in [0.2, 0.25) is 0 Å². The Bertz CT molecular complexity index is 898. The highest BCUT2D eigenvalue weighted by atomic mass is 16.5. The number of carbonyl (C=O) groups is 2. The molecule has 5 nitrogen and oxygen atoms in total. The third kappa shape index (κ3) is 3.31. The molecule has 0 N–H and O–H groups in total. The molecular formula is C21H20N2O3. The van der Waals surface area contributed by atoms with E-state index in [0.29, 0.717) is 29.7 Å². The van der Waals surface area contributed by atoms with E-state index >= 15 is 0 Å². The van der Waals surface area contributed by atoms with Crippen molar-refractivity contribution in [3.63, 3.8) is 0 Å². The summed E-state index contributed by atoms with van der Waals surface area (Å²) in [5.74, 6) is 0.468. The zero-order valence-corrected chi connectivity index (χ0v) is 14.9. The van der Waals surface area contributed by atoms with Crippen LogP contribution in [0, 0.1) is 18.3 Å². The number of benzene rings is 2. The molecule has 26 heavy (non-hydrogen) atoms. The minimum atomic E-state index is -0.471. The van der Waals surface area contributed by atoms with Crippen molar-refractivity contribution in [2.24, 2.45) is 0 Å². The lowest BCUT2D eigenvalue weighted by Gasteiger charge is -2.24. The van der Waals surface area contributed by atoms with E-state index in [1.165, 1.54) is 0 Å². The first-order valence-electron chi connectivity index (χ1n) is 8.55. The van der Waals surface area contributed by atoms with Gasteiger partial charge >= 0.3 is 0 Å². The second-order valence-electron chi connectivity index (χ2n) is 6.40. The molecule has 132 valence electrons. The van der Waals surface area contributed by atoms with Crippen LogP contribution in [0.15, 0.2) is 42.5 Å². The zero-order valence-electron chi connectivity index (χ0n) is 14.9. The van der Waals surface area contributed by atoms with Gasteiger partial charge in [0.1, 0.15) is 5.75 Å². The van der Waals surface area contributed by atoms with E-state index < -0.39 is 6.04 Å². The molecule has 1 aliphatic rings. The number of rotatable bonds is 4. The number of nitrogens with zero attached hydrogens (tertiary/aromatic N) is 2. The zero-order chi connectivity index (χ0) is 18.7. The number of nitriles is 1. The minimum Gasteiger partial charge on any atom is -0.496 e. The highest BCUT2D eigenvalue weighted by Gasteiger charge is 2.35. The van der Waals surface area contributed by atoms with Crippen molar-refractivity contribution in [2.75, 3.05) is 13.7 Å². The van der Waals surface area contributed by atoms with Crippen LogP contribution < -0.4 is 4.74 Å². The highest BCUT2D eigenvalue weighted by molar-refractivity contribution is 6.05. The van der Waals surface area contributed by atoms with Gasteiger partial charge in [0.25, 0.3) is 5.91 Å². The van der Waals surface area contributed by atoms with Gasteiger partial charge in [0, 0.05) is 17.7 Å². The average Bonchev–Trinajstić information content (AvgIpc) is 3.16. The lowest BCUT2D eigenvalue weighted by molar-refractivity contribution is 0.0671. The molecule has 0 spiro atoms. The average molecular weight is 348 g/mol. The molecule has 1 fully saturated rings. The number of hydrogen-bond acceptors (Lipinski definition) is 4. The summed E-state index contributed by atoms with van der Waals surface area (Å²) < 4.78 is 5.24. The van der Waals surface area contributed by atoms with E-state index in [-0.39, 0.29) is 11.7 Å². The smallest absolute Gasteiger partial charge is 0.254 e. The van der Waals surface area contributed by atoms with Crippen molar-refractivity contribution in [3.05, 3.63) is 64.7 Å². The van der Waals surface area contributed by atoms with Gasteiger partial charge < -0.3 is 9.64 Å². The maximum absolute atomic E-state index is 13.0. The first-order valence-corrected chi connectivity index (χ1v) is 8.55. The number of ether oxygens (including phenoxy) is 1. The number of carbonyl (C=O) groups excluding carboxylic acids is 2. The fraction of sp³-hybridized carbons (Fsp3) is 0.286. The summed E-state index contributed by atoms with van der Waals surface area (Å²) in [5, 5.41) is 9.03. The third-order valence-electron chi connectivity index (χ3n) is 4.73. The van der Waals surface area contributed by atoms with Crippen LogP contribution in [0.3, 0.4) is 0 Å². The van der Waals surface area contributed by atoms with Crippen LogP contribution >= 0.6 is 0 Å². The quantitative estimate of drug-likeness (QED) is 0.795. The normalized spacial score (nSPS) is 16.2. The largest absolute Gasteiger partial charge is 0.496 e. The number of likely N-dealkylation sites (tertiary alicyclic amines) is 1. The van der Waals surface area contributed by atoms with Gasteiger partial charge in [-0.15, -0.1) is 0 Å². The number of hydrogen-bond donors (Lipinski definition) is 0. The summed E-state index contributed by atoms with van der Waals surface area (Å²) in [4.78, 5) is 27.5. The van der Waals surface area contributed by atoms with Gasteiger partial charge in [0.05, 0.1) is 24.8 Å². The molecule has 1 unspecified atom stereocenters. The van der Waals surface area contributed by atoms with Crippen molar-refractivity contribution >= 4 is 11.7 Å². The molecule has 1 heterocycles. The standard InChI is InChI=1S/C21H20N2O3/c1-14-11-16(8-9-19(14)26-2)20(24)18-7-4-10-23(18)21(25)17-6-3-5-15(12-17)13-22/h3,5-6,8-9,11-12,18H,4,7,10H2,1-2H3. The molecule has 0 aliphatic carbocycles. The molecule has 1 amide bonds. The van der Waals surface area contributed by atoms with E-state index in [9.17, 15) is 9.59 Å². The Labute approximate surface area is 152 Å². The Morgan fingerprint density at radius 3 is 2.69 bits per heavy atom. The molecule has 3 rings (SSSR count). The van der Waals surface area contributed by atoms with E-state index in [1.54, 1.807) is 54.5 Å². The van der Waals surface area contributed by atoms with Crippen LogP contribution in [0.25, 0.3) is 0 Å². The van der Waals surface area contributed by atoms with E-state index in [2.05, 4.69) is 0 Å². The predicted molar refractivity (Wildman–Crippen MR) is 97.3 cm³/mol. The summed E-state index contributed by atoms with van der Waals surface area (Å²) in [6.07, 6.45) is 1.43. The second-order valence-corrected chi connectivity index (χ2v) is 6.40. The van der Waals surface area contributed by atoms with Crippen LogP contribution in [-0.2, 0) is 0 Å². The van der Waals surface area contributed by atoms with Crippen LogP contribution in [0.2, 0.25) is 0 Å². The molecule has 0 radical (unpaired) electrons. The summed E-state index contributed by atoms with van der Waals surface area (Å²) in [7, 11) is 1.59. The SMILES string of the molecule is COc1ccc(C(=O)C2CCCN2C(=O)c2cccc(C#N)c2)cc1C. The molecule has 1 atom stereocenters. The van der Waals surface area contributed by atoms with Crippen LogP contribution in [-0.4, -0.2) is 36.3 Å². The number of ketones is 1. The Balaban J connectivity index is 1.85. The van der Waals surface area contributed by atoms with Crippen LogP contribution in [0.4, 0.5) is 0 Å². The van der Waals surface area contributed by atoms with Crippen molar-refractivity contribution < 1.29 is 14.3 Å². The molecule has 0 bridgehead atoms. The molecule has 2 aromatic carbocycles. The van der Waals surface area contributed by atoms with Crippen molar-refractivity contribution in [2.45, 2.75) is 25.8 Å². The lowest BCUT2D eigenvalue weighted by atomic mass is 9.99. The highest BCUT2D eigenvalue weighted by Crippen LogP contribution is 2.26. The van der Waals surface area contributed by atoms with Gasteiger partial charge in [-0.2, -0.15) is 5.26 Å².